The van der Waals surface area contributed by atoms with Crippen LogP contribution in [0.4, 0.5) is 0 Å². The average molecular weight is 279 g/mol. The Labute approximate surface area is 82.7 Å². The van der Waals surface area contributed by atoms with E-state index in [-0.39, 0.29) is 11.3 Å². The third kappa shape index (κ3) is 1.66. The van der Waals surface area contributed by atoms with Gasteiger partial charge >= 0.3 is 5.97 Å². The number of carbonyl (C=O) groups is 1. The molecule has 1 heterocycles. The number of esters is 1. The number of ether oxygens (including phenoxy) is 1. The molecule has 1 N–H and O–H groups in total. The SMILES string of the molecule is COC(=O)c1cncc(I)c1O. The molecule has 5 heteroatoms. The van der Waals surface area contributed by atoms with E-state index in [1.165, 1.54) is 19.5 Å². The van der Waals surface area contributed by atoms with E-state index in [2.05, 4.69) is 9.72 Å². The summed E-state index contributed by atoms with van der Waals surface area (Å²) in [4.78, 5) is 14.7. The van der Waals surface area contributed by atoms with E-state index < -0.39 is 5.97 Å². The fourth-order valence-corrected chi connectivity index (χ4v) is 1.14. The number of halogens is 1. The molecule has 0 fully saturated rings. The second-order valence-electron chi connectivity index (χ2n) is 2.01. The summed E-state index contributed by atoms with van der Waals surface area (Å²) >= 11 is 1.88. The molecular weight excluding hydrogens is 273 g/mol. The van der Waals surface area contributed by atoms with Crippen molar-refractivity contribution >= 4 is 28.6 Å². The molecule has 1 aromatic rings. The van der Waals surface area contributed by atoms with Crippen molar-refractivity contribution in [2.45, 2.75) is 0 Å². The molecule has 0 saturated heterocycles. The maximum atomic E-state index is 11.0. The second kappa shape index (κ2) is 3.70. The van der Waals surface area contributed by atoms with Crippen molar-refractivity contribution in [1.29, 1.82) is 0 Å². The molecule has 0 aromatic carbocycles. The van der Waals surface area contributed by atoms with E-state index >= 15 is 0 Å². The second-order valence-corrected chi connectivity index (χ2v) is 3.17. The Hall–Kier alpha value is -0.850. The van der Waals surface area contributed by atoms with Crippen molar-refractivity contribution in [2.24, 2.45) is 0 Å². The van der Waals surface area contributed by atoms with Gasteiger partial charge in [-0.1, -0.05) is 0 Å². The number of aromatic hydroxyl groups is 1. The minimum atomic E-state index is -0.585. The van der Waals surface area contributed by atoms with Crippen molar-refractivity contribution in [1.82, 2.24) is 4.98 Å². The van der Waals surface area contributed by atoms with Crippen LogP contribution in [0.3, 0.4) is 0 Å². The first-order valence-corrected chi connectivity index (χ1v) is 4.15. The van der Waals surface area contributed by atoms with Gasteiger partial charge in [-0.25, -0.2) is 4.79 Å². The molecule has 4 nitrogen and oxygen atoms in total. The first-order valence-electron chi connectivity index (χ1n) is 3.07. The summed E-state index contributed by atoms with van der Waals surface area (Å²) in [5, 5.41) is 9.35. The first-order chi connectivity index (χ1) is 5.66. The number of methoxy groups -OCH3 is 1. The van der Waals surface area contributed by atoms with Crippen LogP contribution in [-0.2, 0) is 4.74 Å². The van der Waals surface area contributed by atoms with E-state index in [0.29, 0.717) is 3.57 Å². The minimum absolute atomic E-state index is 0.0857. The number of nitrogens with zero attached hydrogens (tertiary/aromatic N) is 1. The van der Waals surface area contributed by atoms with Crippen molar-refractivity contribution in [3.05, 3.63) is 21.5 Å². The number of hydrogen-bond donors (Lipinski definition) is 1. The van der Waals surface area contributed by atoms with Crippen LogP contribution < -0.4 is 0 Å². The van der Waals surface area contributed by atoms with E-state index in [4.69, 9.17) is 0 Å². The van der Waals surface area contributed by atoms with Crippen molar-refractivity contribution in [3.63, 3.8) is 0 Å². The van der Waals surface area contributed by atoms with Crippen LogP contribution in [0, 0.1) is 3.57 Å². The molecular formula is C7H6INO3. The highest BCUT2D eigenvalue weighted by Gasteiger charge is 2.13. The van der Waals surface area contributed by atoms with Crippen molar-refractivity contribution < 1.29 is 14.6 Å². The third-order valence-corrected chi connectivity index (χ3v) is 2.07. The van der Waals surface area contributed by atoms with Crippen LogP contribution in [0.5, 0.6) is 5.75 Å². The highest BCUT2D eigenvalue weighted by Crippen LogP contribution is 2.22. The van der Waals surface area contributed by atoms with Gasteiger partial charge in [0, 0.05) is 12.4 Å². The summed E-state index contributed by atoms with van der Waals surface area (Å²) in [5.41, 5.74) is 0.0874. The van der Waals surface area contributed by atoms with Gasteiger partial charge in [-0.05, 0) is 22.6 Å². The molecule has 64 valence electrons. The van der Waals surface area contributed by atoms with E-state index in [0.717, 1.165) is 0 Å². The summed E-state index contributed by atoms with van der Waals surface area (Å²) in [6.07, 6.45) is 2.73. The molecule has 0 radical (unpaired) electrons. The maximum absolute atomic E-state index is 11.0. The van der Waals surface area contributed by atoms with Crippen molar-refractivity contribution in [2.75, 3.05) is 7.11 Å². The molecule has 0 unspecified atom stereocenters. The minimum Gasteiger partial charge on any atom is -0.506 e. The molecule has 0 amide bonds. The molecule has 0 saturated carbocycles. The predicted octanol–water partition coefficient (Wildman–Crippen LogP) is 1.18. The lowest BCUT2D eigenvalue weighted by Gasteiger charge is -2.02. The van der Waals surface area contributed by atoms with E-state index in [9.17, 15) is 9.90 Å². The predicted molar refractivity (Wildman–Crippen MR) is 50.0 cm³/mol. The highest BCUT2D eigenvalue weighted by molar-refractivity contribution is 14.1. The zero-order valence-electron chi connectivity index (χ0n) is 6.24. The van der Waals surface area contributed by atoms with Gasteiger partial charge in [0.25, 0.3) is 0 Å². The van der Waals surface area contributed by atoms with Gasteiger partial charge in [-0.3, -0.25) is 4.98 Å². The molecule has 0 atom stereocenters. The number of carbonyl (C=O) groups excluding carboxylic acids is 1. The van der Waals surface area contributed by atoms with Crippen molar-refractivity contribution in [3.8, 4) is 5.75 Å². The van der Waals surface area contributed by atoms with Crippen LogP contribution in [0.15, 0.2) is 12.4 Å². The number of pyridine rings is 1. The monoisotopic (exact) mass is 279 g/mol. The number of hydrogen-bond acceptors (Lipinski definition) is 4. The standard InChI is InChI=1S/C7H6INO3/c1-12-7(11)4-2-9-3-5(8)6(4)10/h2-3H,1H3,(H,9,10). The van der Waals surface area contributed by atoms with Crippen LogP contribution in [0.2, 0.25) is 0 Å². The largest absolute Gasteiger partial charge is 0.506 e. The lowest BCUT2D eigenvalue weighted by Crippen LogP contribution is -2.02. The summed E-state index contributed by atoms with van der Waals surface area (Å²) in [7, 11) is 1.25. The molecule has 0 bridgehead atoms. The molecule has 1 rings (SSSR count). The Kier molecular flexibility index (Phi) is 2.85. The molecule has 0 spiro atoms. The fraction of sp³-hybridized carbons (Fsp3) is 0.143. The Morgan fingerprint density at radius 3 is 2.92 bits per heavy atom. The molecule has 0 aliphatic carbocycles. The van der Waals surface area contributed by atoms with E-state index in [1.54, 1.807) is 0 Å². The van der Waals surface area contributed by atoms with Gasteiger partial charge < -0.3 is 9.84 Å². The van der Waals surface area contributed by atoms with Gasteiger partial charge in [0.2, 0.25) is 0 Å². The van der Waals surface area contributed by atoms with Gasteiger partial charge in [0.15, 0.2) is 0 Å². The molecule has 1 aromatic heterocycles. The van der Waals surface area contributed by atoms with Crippen LogP contribution in [-0.4, -0.2) is 23.2 Å². The Balaban J connectivity index is 3.16. The third-order valence-electron chi connectivity index (χ3n) is 1.28. The summed E-state index contributed by atoms with van der Waals surface area (Å²) in [5.74, 6) is -0.670. The zero-order valence-corrected chi connectivity index (χ0v) is 8.40. The van der Waals surface area contributed by atoms with Gasteiger partial charge in [0.1, 0.15) is 11.3 Å². The average Bonchev–Trinajstić information content (AvgIpc) is 2.08. The number of rotatable bonds is 1. The lowest BCUT2D eigenvalue weighted by molar-refractivity contribution is 0.0597. The van der Waals surface area contributed by atoms with E-state index in [1.807, 2.05) is 22.6 Å². The smallest absolute Gasteiger partial charge is 0.343 e. The molecule has 0 aliphatic heterocycles. The number of aromatic nitrogens is 1. The quantitative estimate of drug-likeness (QED) is 0.619. The molecule has 12 heavy (non-hydrogen) atoms. The van der Waals surface area contributed by atoms with Crippen LogP contribution in [0.25, 0.3) is 0 Å². The first kappa shape index (κ1) is 9.24. The molecule has 0 aliphatic rings. The summed E-state index contributed by atoms with van der Waals surface area (Å²) < 4.78 is 4.95. The zero-order chi connectivity index (χ0) is 9.14. The fourth-order valence-electron chi connectivity index (χ4n) is 0.688. The van der Waals surface area contributed by atoms with Gasteiger partial charge in [0.05, 0.1) is 10.7 Å². The van der Waals surface area contributed by atoms with Crippen LogP contribution >= 0.6 is 22.6 Å². The highest BCUT2D eigenvalue weighted by atomic mass is 127. The summed E-state index contributed by atoms with van der Waals surface area (Å²) in [6.45, 7) is 0. The van der Waals surface area contributed by atoms with Gasteiger partial charge in [-0.15, -0.1) is 0 Å². The maximum Gasteiger partial charge on any atom is 0.343 e. The van der Waals surface area contributed by atoms with Gasteiger partial charge in [-0.2, -0.15) is 0 Å². The lowest BCUT2D eigenvalue weighted by atomic mass is 10.3. The van der Waals surface area contributed by atoms with Crippen LogP contribution in [0.1, 0.15) is 10.4 Å². The Bertz CT molecular complexity index is 314. The summed E-state index contributed by atoms with van der Waals surface area (Å²) in [6, 6.07) is 0. The Morgan fingerprint density at radius 1 is 1.67 bits per heavy atom. The topological polar surface area (TPSA) is 59.4 Å². The Morgan fingerprint density at radius 2 is 2.33 bits per heavy atom. The normalized spacial score (nSPS) is 9.50.